The van der Waals surface area contributed by atoms with Crippen LogP contribution in [0.15, 0.2) is 36.0 Å². The Morgan fingerprint density at radius 1 is 1.50 bits per heavy atom. The van der Waals surface area contributed by atoms with Crippen LogP contribution in [0.25, 0.3) is 4.96 Å². The first-order valence-corrected chi connectivity index (χ1v) is 7.10. The molecular formula is C14H14FN3OS. The average Bonchev–Trinajstić information content (AvgIpc) is 2.97. The van der Waals surface area contributed by atoms with Crippen LogP contribution < -0.4 is 10.5 Å². The van der Waals surface area contributed by atoms with E-state index in [9.17, 15) is 4.39 Å². The number of hydrogen-bond donors (Lipinski definition) is 1. The van der Waals surface area contributed by atoms with E-state index in [2.05, 4.69) is 4.98 Å². The van der Waals surface area contributed by atoms with Gasteiger partial charge in [0, 0.05) is 29.4 Å². The number of aromatic nitrogens is 2. The van der Waals surface area contributed by atoms with Crippen molar-refractivity contribution in [1.29, 1.82) is 0 Å². The summed E-state index contributed by atoms with van der Waals surface area (Å²) in [4.78, 5) is 5.36. The second-order valence-electron chi connectivity index (χ2n) is 4.58. The lowest BCUT2D eigenvalue weighted by Gasteiger charge is -2.13. The maximum Gasteiger partial charge on any atom is 0.193 e. The van der Waals surface area contributed by atoms with Crippen molar-refractivity contribution in [2.45, 2.75) is 19.6 Å². The van der Waals surface area contributed by atoms with E-state index >= 15 is 0 Å². The zero-order valence-electron chi connectivity index (χ0n) is 10.9. The summed E-state index contributed by atoms with van der Waals surface area (Å²) in [5.41, 5.74) is 7.32. The number of fused-ring (bicyclic) bond motifs is 1. The molecule has 0 unspecified atom stereocenters. The Bertz CT molecular complexity index is 706. The van der Waals surface area contributed by atoms with E-state index in [4.69, 9.17) is 10.5 Å². The fraction of sp³-hybridized carbons (Fsp3) is 0.214. The monoisotopic (exact) mass is 291 g/mol. The van der Waals surface area contributed by atoms with Crippen molar-refractivity contribution in [2.75, 3.05) is 0 Å². The second-order valence-corrected chi connectivity index (χ2v) is 5.46. The molecule has 2 heterocycles. The summed E-state index contributed by atoms with van der Waals surface area (Å²) in [6.07, 6.45) is 3.86. The molecule has 0 saturated carbocycles. The van der Waals surface area contributed by atoms with Crippen LogP contribution >= 0.6 is 11.3 Å². The third kappa shape index (κ3) is 2.52. The van der Waals surface area contributed by atoms with Gasteiger partial charge in [-0.3, -0.25) is 4.40 Å². The second kappa shape index (κ2) is 5.22. The van der Waals surface area contributed by atoms with E-state index < -0.39 is 0 Å². The molecule has 2 aromatic heterocycles. The molecule has 6 heteroatoms. The molecule has 4 nitrogen and oxygen atoms in total. The summed E-state index contributed by atoms with van der Waals surface area (Å²) in [7, 11) is 0. The summed E-state index contributed by atoms with van der Waals surface area (Å²) < 4.78 is 20.9. The minimum atomic E-state index is -0.313. The predicted molar refractivity (Wildman–Crippen MR) is 76.4 cm³/mol. The molecule has 0 radical (unpaired) electrons. The van der Waals surface area contributed by atoms with Gasteiger partial charge in [0.1, 0.15) is 18.2 Å². The number of ether oxygens (including phenoxy) is 1. The summed E-state index contributed by atoms with van der Waals surface area (Å²) in [5.74, 6) is 0.282. The summed E-state index contributed by atoms with van der Waals surface area (Å²) in [5, 5.41) is 1.97. The molecule has 0 aliphatic heterocycles. The summed E-state index contributed by atoms with van der Waals surface area (Å²) >= 11 is 1.57. The fourth-order valence-electron chi connectivity index (χ4n) is 2.00. The lowest BCUT2D eigenvalue weighted by atomic mass is 10.1. The smallest absolute Gasteiger partial charge is 0.193 e. The molecular weight excluding hydrogens is 277 g/mol. The van der Waals surface area contributed by atoms with Gasteiger partial charge < -0.3 is 10.5 Å². The van der Waals surface area contributed by atoms with Crippen LogP contribution in [0.4, 0.5) is 4.39 Å². The number of nitrogens with zero attached hydrogens (tertiary/aromatic N) is 2. The first-order chi connectivity index (χ1) is 9.63. The first-order valence-electron chi connectivity index (χ1n) is 6.22. The highest BCUT2D eigenvalue weighted by molar-refractivity contribution is 7.15. The first kappa shape index (κ1) is 13.1. The number of halogens is 1. The Morgan fingerprint density at radius 3 is 3.10 bits per heavy atom. The van der Waals surface area contributed by atoms with E-state index in [1.807, 2.05) is 22.2 Å². The van der Waals surface area contributed by atoms with Crippen molar-refractivity contribution < 1.29 is 9.13 Å². The van der Waals surface area contributed by atoms with Gasteiger partial charge in [0.2, 0.25) is 0 Å². The highest BCUT2D eigenvalue weighted by atomic mass is 32.1. The van der Waals surface area contributed by atoms with Crippen LogP contribution in [-0.2, 0) is 6.61 Å². The van der Waals surface area contributed by atoms with Crippen LogP contribution in [0.3, 0.4) is 0 Å². The van der Waals surface area contributed by atoms with Gasteiger partial charge in [-0.15, -0.1) is 11.3 Å². The van der Waals surface area contributed by atoms with Gasteiger partial charge in [0.05, 0.1) is 5.69 Å². The minimum Gasteiger partial charge on any atom is -0.487 e. The molecule has 0 spiro atoms. The van der Waals surface area contributed by atoms with E-state index in [-0.39, 0.29) is 11.9 Å². The van der Waals surface area contributed by atoms with Crippen LogP contribution in [0.1, 0.15) is 24.2 Å². The molecule has 0 aliphatic carbocycles. The van der Waals surface area contributed by atoms with Crippen molar-refractivity contribution in [3.63, 3.8) is 0 Å². The maximum atomic E-state index is 13.2. The van der Waals surface area contributed by atoms with E-state index in [0.29, 0.717) is 17.9 Å². The van der Waals surface area contributed by atoms with Crippen LogP contribution in [0.2, 0.25) is 0 Å². The van der Waals surface area contributed by atoms with Gasteiger partial charge in [-0.25, -0.2) is 9.37 Å². The predicted octanol–water partition coefficient (Wildman–Crippen LogP) is 3.13. The van der Waals surface area contributed by atoms with Gasteiger partial charge in [0.25, 0.3) is 0 Å². The Kier molecular flexibility index (Phi) is 3.42. The number of hydrogen-bond acceptors (Lipinski definition) is 4. The summed E-state index contributed by atoms with van der Waals surface area (Å²) in [6, 6.07) is 4.09. The molecule has 0 saturated heterocycles. The van der Waals surface area contributed by atoms with Gasteiger partial charge in [-0.05, 0) is 25.1 Å². The minimum absolute atomic E-state index is 0.286. The fourth-order valence-corrected chi connectivity index (χ4v) is 2.72. The lowest BCUT2D eigenvalue weighted by Crippen LogP contribution is -2.08. The number of imidazole rings is 1. The highest BCUT2D eigenvalue weighted by Crippen LogP contribution is 2.25. The van der Waals surface area contributed by atoms with Crippen LogP contribution in [-0.4, -0.2) is 9.38 Å². The van der Waals surface area contributed by atoms with Crippen LogP contribution in [0, 0.1) is 5.82 Å². The molecule has 0 aliphatic rings. The molecule has 104 valence electrons. The Balaban J connectivity index is 1.79. The topological polar surface area (TPSA) is 52.5 Å². The third-order valence-electron chi connectivity index (χ3n) is 2.98. The Morgan fingerprint density at radius 2 is 2.35 bits per heavy atom. The molecule has 1 atom stereocenters. The largest absolute Gasteiger partial charge is 0.487 e. The van der Waals surface area contributed by atoms with Gasteiger partial charge in [-0.2, -0.15) is 0 Å². The number of rotatable bonds is 4. The van der Waals surface area contributed by atoms with Crippen molar-refractivity contribution in [1.82, 2.24) is 9.38 Å². The lowest BCUT2D eigenvalue weighted by molar-refractivity contribution is 0.297. The zero-order chi connectivity index (χ0) is 14.1. The SMILES string of the molecule is C[C@@H](N)c1cc(F)ccc1OCc1cn2ccsc2n1. The van der Waals surface area contributed by atoms with E-state index in [1.165, 1.54) is 12.1 Å². The average molecular weight is 291 g/mol. The molecule has 1 aromatic carbocycles. The van der Waals surface area contributed by atoms with Crippen molar-refractivity contribution >= 4 is 16.3 Å². The quantitative estimate of drug-likeness (QED) is 0.803. The van der Waals surface area contributed by atoms with Gasteiger partial charge >= 0.3 is 0 Å². The van der Waals surface area contributed by atoms with E-state index in [0.717, 1.165) is 10.7 Å². The number of benzene rings is 1. The van der Waals surface area contributed by atoms with Crippen LogP contribution in [0.5, 0.6) is 5.75 Å². The van der Waals surface area contributed by atoms with Gasteiger partial charge in [0.15, 0.2) is 4.96 Å². The zero-order valence-corrected chi connectivity index (χ0v) is 11.7. The van der Waals surface area contributed by atoms with Crippen molar-refractivity contribution in [3.8, 4) is 5.75 Å². The third-order valence-corrected chi connectivity index (χ3v) is 3.75. The maximum absolute atomic E-state index is 13.2. The molecule has 20 heavy (non-hydrogen) atoms. The Labute approximate surface area is 119 Å². The summed E-state index contributed by atoms with van der Waals surface area (Å²) in [6.45, 7) is 2.13. The number of thiazole rings is 1. The highest BCUT2D eigenvalue weighted by Gasteiger charge is 2.11. The molecule has 3 aromatic rings. The molecule has 0 fully saturated rings. The molecule has 0 bridgehead atoms. The van der Waals surface area contributed by atoms with Crippen molar-refractivity contribution in [3.05, 3.63) is 53.0 Å². The van der Waals surface area contributed by atoms with E-state index in [1.54, 1.807) is 24.3 Å². The molecule has 2 N–H and O–H groups in total. The normalized spacial score (nSPS) is 12.8. The Hall–Kier alpha value is -1.92. The van der Waals surface area contributed by atoms with Gasteiger partial charge in [-0.1, -0.05) is 0 Å². The standard InChI is InChI=1S/C14H14FN3OS/c1-9(16)12-6-10(15)2-3-13(12)19-8-11-7-18-4-5-20-14(18)17-11/h2-7,9H,8,16H2,1H3/t9-/m1/s1. The number of nitrogens with two attached hydrogens (primary N) is 1. The molecule has 0 amide bonds. The van der Waals surface area contributed by atoms with Crippen molar-refractivity contribution in [2.24, 2.45) is 5.73 Å². The molecule has 3 rings (SSSR count).